The average molecular weight is 231 g/mol. The first kappa shape index (κ1) is 10.5. The zero-order chi connectivity index (χ0) is 11.4. The van der Waals surface area contributed by atoms with Gasteiger partial charge in [0.15, 0.2) is 0 Å². The van der Waals surface area contributed by atoms with Gasteiger partial charge < -0.3 is 0 Å². The molecule has 0 aliphatic rings. The van der Waals surface area contributed by atoms with Crippen molar-refractivity contribution >= 4 is 11.6 Å². The molecule has 16 heavy (non-hydrogen) atoms. The highest BCUT2D eigenvalue weighted by Crippen LogP contribution is 2.20. The Morgan fingerprint density at radius 2 is 2.00 bits per heavy atom. The largest absolute Gasteiger partial charge is 0.259 e. The lowest BCUT2D eigenvalue weighted by Gasteiger charge is -2.07. The highest BCUT2D eigenvalue weighted by molar-refractivity contribution is 6.28. The molecule has 0 aliphatic carbocycles. The van der Waals surface area contributed by atoms with Gasteiger partial charge in [0.05, 0.1) is 17.5 Å². The molecule has 0 aromatic carbocycles. The number of pyridine rings is 1. The van der Waals surface area contributed by atoms with Gasteiger partial charge in [0, 0.05) is 12.4 Å². The van der Waals surface area contributed by atoms with E-state index in [0.29, 0.717) is 11.4 Å². The van der Waals surface area contributed by atoms with Crippen LogP contribution in [-0.4, -0.2) is 15.0 Å². The van der Waals surface area contributed by atoms with E-state index in [0.717, 1.165) is 0 Å². The van der Waals surface area contributed by atoms with Gasteiger partial charge >= 0.3 is 0 Å². The minimum Gasteiger partial charge on any atom is -0.259 e. The van der Waals surface area contributed by atoms with Crippen LogP contribution in [0.15, 0.2) is 36.7 Å². The maximum Gasteiger partial charge on any atom is 0.222 e. The van der Waals surface area contributed by atoms with Gasteiger partial charge in [-0.3, -0.25) is 4.98 Å². The van der Waals surface area contributed by atoms with E-state index >= 15 is 0 Å². The van der Waals surface area contributed by atoms with Crippen molar-refractivity contribution in [3.05, 3.63) is 53.3 Å². The zero-order valence-electron chi connectivity index (χ0n) is 8.21. The molecule has 1 unspecified atom stereocenters. The lowest BCUT2D eigenvalue weighted by molar-refractivity contribution is 0.903. The Morgan fingerprint density at radius 3 is 2.62 bits per heavy atom. The molecule has 0 bridgehead atoms. The molecule has 2 aromatic heterocycles. The topological polar surface area (TPSA) is 62.5 Å². The van der Waals surface area contributed by atoms with Crippen LogP contribution in [0.2, 0.25) is 5.28 Å². The fourth-order valence-corrected chi connectivity index (χ4v) is 1.49. The molecule has 5 heteroatoms. The van der Waals surface area contributed by atoms with Crippen LogP contribution in [0.4, 0.5) is 0 Å². The van der Waals surface area contributed by atoms with Crippen LogP contribution in [0.25, 0.3) is 0 Å². The van der Waals surface area contributed by atoms with Crippen molar-refractivity contribution in [3.8, 4) is 6.07 Å². The molecule has 78 valence electrons. The summed E-state index contributed by atoms with van der Waals surface area (Å²) in [5, 5.41) is 9.26. The maximum atomic E-state index is 9.13. The van der Waals surface area contributed by atoms with Crippen LogP contribution in [-0.2, 0) is 0 Å². The summed E-state index contributed by atoms with van der Waals surface area (Å²) in [6, 6.07) is 9.22. The van der Waals surface area contributed by atoms with Crippen molar-refractivity contribution < 1.29 is 0 Å². The molecule has 0 radical (unpaired) electrons. The van der Waals surface area contributed by atoms with Gasteiger partial charge in [-0.05, 0) is 29.8 Å². The average Bonchev–Trinajstić information content (AvgIpc) is 2.31. The molecule has 0 aliphatic heterocycles. The Labute approximate surface area is 97.6 Å². The predicted molar refractivity (Wildman–Crippen MR) is 58.7 cm³/mol. The lowest BCUT2D eigenvalue weighted by atomic mass is 10.0. The predicted octanol–water partition coefficient (Wildman–Crippen LogP) is 2.18. The molecule has 0 spiro atoms. The number of halogens is 1. The van der Waals surface area contributed by atoms with E-state index in [2.05, 4.69) is 21.0 Å². The molecule has 2 aromatic rings. The molecule has 0 saturated carbocycles. The van der Waals surface area contributed by atoms with E-state index in [1.807, 2.05) is 6.07 Å². The zero-order valence-corrected chi connectivity index (χ0v) is 8.96. The third-order valence-electron chi connectivity index (χ3n) is 2.06. The first-order chi connectivity index (χ1) is 7.81. The van der Waals surface area contributed by atoms with E-state index in [-0.39, 0.29) is 5.28 Å². The van der Waals surface area contributed by atoms with Gasteiger partial charge in [0.25, 0.3) is 0 Å². The number of nitrogens with zero attached hydrogens (tertiary/aromatic N) is 4. The molecule has 2 rings (SSSR count). The van der Waals surface area contributed by atoms with Crippen LogP contribution in [0.1, 0.15) is 17.3 Å². The normalized spacial score (nSPS) is 11.8. The van der Waals surface area contributed by atoms with Crippen LogP contribution in [0.5, 0.6) is 0 Å². The summed E-state index contributed by atoms with van der Waals surface area (Å²) in [6.07, 6.45) is 3.17. The van der Waals surface area contributed by atoms with Crippen molar-refractivity contribution in [1.82, 2.24) is 15.0 Å². The summed E-state index contributed by atoms with van der Waals surface area (Å²) in [5.74, 6) is -0.512. The number of hydrogen-bond donors (Lipinski definition) is 0. The molecule has 0 amide bonds. The molecular formula is C11H7ClN4. The van der Waals surface area contributed by atoms with Crippen molar-refractivity contribution in [1.29, 1.82) is 5.26 Å². The highest BCUT2D eigenvalue weighted by atomic mass is 35.5. The molecule has 0 saturated heterocycles. The Hall–Kier alpha value is -1.99. The SMILES string of the molecule is N#CC(c1ccccn1)c1ccnc(Cl)n1. The third-order valence-corrected chi connectivity index (χ3v) is 2.24. The van der Waals surface area contributed by atoms with Gasteiger partial charge in [-0.15, -0.1) is 0 Å². The van der Waals surface area contributed by atoms with E-state index in [4.69, 9.17) is 16.9 Å². The van der Waals surface area contributed by atoms with Crippen molar-refractivity contribution in [2.75, 3.05) is 0 Å². The Bertz CT molecular complexity index is 521. The molecule has 4 nitrogen and oxygen atoms in total. The summed E-state index contributed by atoms with van der Waals surface area (Å²) in [5.41, 5.74) is 1.21. The number of hydrogen-bond acceptors (Lipinski definition) is 4. The standard InChI is InChI=1S/C11H7ClN4/c12-11-15-6-4-10(16-11)8(7-13)9-3-1-2-5-14-9/h1-6,8H. The van der Waals surface area contributed by atoms with Crippen LogP contribution in [0.3, 0.4) is 0 Å². The first-order valence-electron chi connectivity index (χ1n) is 4.60. The molecule has 2 heterocycles. The molecule has 0 fully saturated rings. The fraction of sp³-hybridized carbons (Fsp3) is 0.0909. The van der Waals surface area contributed by atoms with Gasteiger partial charge in [-0.2, -0.15) is 5.26 Å². The summed E-state index contributed by atoms with van der Waals surface area (Å²) in [7, 11) is 0. The monoisotopic (exact) mass is 230 g/mol. The lowest BCUT2D eigenvalue weighted by Crippen LogP contribution is -2.03. The second-order valence-electron chi connectivity index (χ2n) is 3.07. The van der Waals surface area contributed by atoms with Crippen molar-refractivity contribution in [2.45, 2.75) is 5.92 Å². The fourth-order valence-electron chi connectivity index (χ4n) is 1.34. The molecule has 1 atom stereocenters. The number of nitriles is 1. The maximum absolute atomic E-state index is 9.13. The van der Waals surface area contributed by atoms with Crippen LogP contribution < -0.4 is 0 Å². The van der Waals surface area contributed by atoms with E-state index in [9.17, 15) is 0 Å². The van der Waals surface area contributed by atoms with Gasteiger partial charge in [-0.1, -0.05) is 6.07 Å². The quantitative estimate of drug-likeness (QED) is 0.742. The second kappa shape index (κ2) is 4.69. The van der Waals surface area contributed by atoms with Crippen LogP contribution >= 0.6 is 11.6 Å². The van der Waals surface area contributed by atoms with E-state index in [1.165, 1.54) is 6.20 Å². The van der Waals surface area contributed by atoms with Crippen molar-refractivity contribution in [3.63, 3.8) is 0 Å². The minimum atomic E-state index is -0.512. The summed E-state index contributed by atoms with van der Waals surface area (Å²) in [4.78, 5) is 11.9. The Kier molecular flexibility index (Phi) is 3.08. The second-order valence-corrected chi connectivity index (χ2v) is 3.41. The Morgan fingerprint density at radius 1 is 1.12 bits per heavy atom. The summed E-state index contributed by atoms with van der Waals surface area (Å²) >= 11 is 5.68. The van der Waals surface area contributed by atoms with Crippen molar-refractivity contribution in [2.24, 2.45) is 0 Å². The third kappa shape index (κ3) is 2.15. The van der Waals surface area contributed by atoms with Gasteiger partial charge in [-0.25, -0.2) is 9.97 Å². The number of aromatic nitrogens is 3. The van der Waals surface area contributed by atoms with Gasteiger partial charge in [0.2, 0.25) is 5.28 Å². The molecule has 0 N–H and O–H groups in total. The Balaban J connectivity index is 2.42. The first-order valence-corrected chi connectivity index (χ1v) is 4.98. The van der Waals surface area contributed by atoms with E-state index in [1.54, 1.807) is 24.4 Å². The minimum absolute atomic E-state index is 0.133. The highest BCUT2D eigenvalue weighted by Gasteiger charge is 2.16. The van der Waals surface area contributed by atoms with Gasteiger partial charge in [0.1, 0.15) is 5.92 Å². The van der Waals surface area contributed by atoms with Crippen LogP contribution in [0, 0.1) is 11.3 Å². The summed E-state index contributed by atoms with van der Waals surface area (Å²) < 4.78 is 0. The summed E-state index contributed by atoms with van der Waals surface area (Å²) in [6.45, 7) is 0. The smallest absolute Gasteiger partial charge is 0.222 e. The molecular weight excluding hydrogens is 224 g/mol. The van der Waals surface area contributed by atoms with E-state index < -0.39 is 5.92 Å². The number of rotatable bonds is 2.